The molecule has 1 aliphatic rings. The van der Waals surface area contributed by atoms with Crippen LogP contribution in [-0.4, -0.2) is 54.8 Å². The summed E-state index contributed by atoms with van der Waals surface area (Å²) < 4.78 is 51.6. The number of carbonyl (C=O) groups excluding carboxylic acids is 3. The Morgan fingerprint density at radius 1 is 1.22 bits per heavy atom. The van der Waals surface area contributed by atoms with Gasteiger partial charge in [0.1, 0.15) is 5.75 Å². The van der Waals surface area contributed by atoms with Crippen molar-refractivity contribution in [2.24, 2.45) is 0 Å². The molecule has 1 N–H and O–H groups in total. The lowest BCUT2D eigenvalue weighted by Gasteiger charge is -2.40. The summed E-state index contributed by atoms with van der Waals surface area (Å²) in [4.78, 5) is 37.2. The van der Waals surface area contributed by atoms with Gasteiger partial charge in [0.2, 0.25) is 5.91 Å². The minimum Gasteiger partial charge on any atom is -0.497 e. The molecule has 1 heterocycles. The Bertz CT molecular complexity index is 720. The fraction of sp³-hybridized carbons (Fsp3) is 0.471. The molecule has 1 aromatic carbocycles. The SMILES string of the molecule is CCOC(=O)[C@@](NC(=O)c1ccc(OC)cc1)(N1CCCC1=O)C(F)(F)F. The molecule has 0 aromatic heterocycles. The molecule has 1 fully saturated rings. The highest BCUT2D eigenvalue weighted by molar-refractivity contribution is 6.00. The molecule has 0 radical (unpaired) electrons. The van der Waals surface area contributed by atoms with Crippen LogP contribution >= 0.6 is 0 Å². The van der Waals surface area contributed by atoms with E-state index in [0.717, 1.165) is 0 Å². The van der Waals surface area contributed by atoms with Crippen LogP contribution in [0.2, 0.25) is 0 Å². The first-order valence-corrected chi connectivity index (χ1v) is 8.18. The highest BCUT2D eigenvalue weighted by Crippen LogP contribution is 2.37. The number of carbonyl (C=O) groups is 3. The van der Waals surface area contributed by atoms with Crippen LogP contribution in [0.5, 0.6) is 5.75 Å². The van der Waals surface area contributed by atoms with E-state index in [-0.39, 0.29) is 31.6 Å². The van der Waals surface area contributed by atoms with Crippen molar-refractivity contribution >= 4 is 17.8 Å². The van der Waals surface area contributed by atoms with E-state index in [1.807, 2.05) is 0 Å². The van der Waals surface area contributed by atoms with E-state index in [2.05, 4.69) is 4.74 Å². The molecule has 0 bridgehead atoms. The van der Waals surface area contributed by atoms with Gasteiger partial charge in [-0.3, -0.25) is 9.59 Å². The number of rotatable bonds is 6. The minimum atomic E-state index is -5.29. The molecule has 1 aliphatic heterocycles. The molecule has 1 saturated heterocycles. The Kier molecular flexibility index (Phi) is 5.97. The lowest BCUT2D eigenvalue weighted by atomic mass is 10.1. The van der Waals surface area contributed by atoms with Gasteiger partial charge in [-0.05, 0) is 37.6 Å². The predicted octanol–water partition coefficient (Wildman–Crippen LogP) is 1.87. The molecular formula is C17H19F3N2O5. The number of hydrogen-bond acceptors (Lipinski definition) is 5. The second-order valence-corrected chi connectivity index (χ2v) is 5.76. The van der Waals surface area contributed by atoms with Crippen LogP contribution in [0.4, 0.5) is 13.2 Å². The van der Waals surface area contributed by atoms with Gasteiger partial charge < -0.3 is 19.7 Å². The van der Waals surface area contributed by atoms with Gasteiger partial charge in [0.15, 0.2) is 0 Å². The maximum Gasteiger partial charge on any atom is 0.442 e. The Hall–Kier alpha value is -2.78. The van der Waals surface area contributed by atoms with Crippen LogP contribution in [-0.2, 0) is 14.3 Å². The van der Waals surface area contributed by atoms with E-state index in [4.69, 9.17) is 4.74 Å². The third kappa shape index (κ3) is 3.83. The summed E-state index contributed by atoms with van der Waals surface area (Å²) in [6, 6.07) is 5.25. The van der Waals surface area contributed by atoms with Crippen molar-refractivity contribution in [3.63, 3.8) is 0 Å². The second-order valence-electron chi connectivity index (χ2n) is 5.76. The van der Waals surface area contributed by atoms with Gasteiger partial charge in [-0.1, -0.05) is 0 Å². The molecule has 0 spiro atoms. The van der Waals surface area contributed by atoms with E-state index in [9.17, 15) is 27.6 Å². The maximum absolute atomic E-state index is 14.0. The van der Waals surface area contributed by atoms with E-state index in [0.29, 0.717) is 10.6 Å². The molecule has 0 saturated carbocycles. The van der Waals surface area contributed by atoms with Gasteiger partial charge in [-0.25, -0.2) is 4.79 Å². The van der Waals surface area contributed by atoms with Crippen LogP contribution in [0.15, 0.2) is 24.3 Å². The molecule has 0 unspecified atom stereocenters. The number of alkyl halides is 3. The Balaban J connectivity index is 2.48. The first-order valence-electron chi connectivity index (χ1n) is 8.18. The highest BCUT2D eigenvalue weighted by Gasteiger charge is 2.68. The Morgan fingerprint density at radius 3 is 2.30 bits per heavy atom. The lowest BCUT2D eigenvalue weighted by molar-refractivity contribution is -0.243. The topological polar surface area (TPSA) is 84.9 Å². The van der Waals surface area contributed by atoms with Crippen molar-refractivity contribution in [3.05, 3.63) is 29.8 Å². The first kappa shape index (κ1) is 20.5. The number of amides is 2. The summed E-state index contributed by atoms with van der Waals surface area (Å²) in [6.45, 7) is 0.646. The third-order valence-corrected chi connectivity index (χ3v) is 4.11. The number of nitrogens with zero attached hydrogens (tertiary/aromatic N) is 1. The number of benzene rings is 1. The monoisotopic (exact) mass is 388 g/mol. The van der Waals surface area contributed by atoms with Gasteiger partial charge in [0, 0.05) is 18.5 Å². The van der Waals surface area contributed by atoms with Crippen LogP contribution in [0.1, 0.15) is 30.1 Å². The standard InChI is InChI=1S/C17H19F3N2O5/c1-3-27-15(25)16(17(18,19)20,22-10-4-5-13(22)23)21-14(24)11-6-8-12(26-2)9-7-11/h6-9H,3-5,10H2,1-2H3,(H,21,24)/t16-/m1/s1. The number of halogens is 3. The third-order valence-electron chi connectivity index (χ3n) is 4.11. The number of nitrogens with one attached hydrogen (secondary N) is 1. The van der Waals surface area contributed by atoms with E-state index in [1.165, 1.54) is 38.3 Å². The zero-order chi connectivity index (χ0) is 20.2. The van der Waals surface area contributed by atoms with Gasteiger partial charge in [-0.2, -0.15) is 13.2 Å². The van der Waals surface area contributed by atoms with Crippen molar-refractivity contribution < 1.29 is 37.0 Å². The van der Waals surface area contributed by atoms with E-state index in [1.54, 1.807) is 5.32 Å². The quantitative estimate of drug-likeness (QED) is 0.752. The Labute approximate surface area is 153 Å². The van der Waals surface area contributed by atoms with Crippen molar-refractivity contribution in [2.75, 3.05) is 20.3 Å². The molecule has 1 atom stereocenters. The molecule has 27 heavy (non-hydrogen) atoms. The fourth-order valence-electron chi connectivity index (χ4n) is 2.79. The summed E-state index contributed by atoms with van der Waals surface area (Å²) in [5, 5.41) is 1.71. The molecule has 2 rings (SSSR count). The normalized spacial score (nSPS) is 16.6. The van der Waals surface area contributed by atoms with Crippen molar-refractivity contribution in [1.82, 2.24) is 10.2 Å². The van der Waals surface area contributed by atoms with Crippen LogP contribution in [0, 0.1) is 0 Å². The zero-order valence-corrected chi connectivity index (χ0v) is 14.8. The van der Waals surface area contributed by atoms with Gasteiger partial charge >= 0.3 is 17.8 Å². The summed E-state index contributed by atoms with van der Waals surface area (Å²) in [5.41, 5.74) is -3.73. The van der Waals surface area contributed by atoms with Crippen molar-refractivity contribution in [1.29, 1.82) is 0 Å². The van der Waals surface area contributed by atoms with E-state index >= 15 is 0 Å². The molecule has 7 nitrogen and oxygen atoms in total. The molecule has 148 valence electrons. The van der Waals surface area contributed by atoms with Crippen LogP contribution < -0.4 is 10.1 Å². The Morgan fingerprint density at radius 2 is 1.85 bits per heavy atom. The largest absolute Gasteiger partial charge is 0.497 e. The predicted molar refractivity (Wildman–Crippen MR) is 86.8 cm³/mol. The maximum atomic E-state index is 14.0. The summed E-state index contributed by atoms with van der Waals surface area (Å²) in [5.74, 6) is -3.43. The van der Waals surface area contributed by atoms with Crippen LogP contribution in [0.3, 0.4) is 0 Å². The molecule has 2 amide bonds. The van der Waals surface area contributed by atoms with Gasteiger partial charge in [-0.15, -0.1) is 0 Å². The highest BCUT2D eigenvalue weighted by atomic mass is 19.4. The minimum absolute atomic E-state index is 0.133. The summed E-state index contributed by atoms with van der Waals surface area (Å²) in [6.07, 6.45) is -5.31. The smallest absolute Gasteiger partial charge is 0.442 e. The molecule has 0 aliphatic carbocycles. The summed E-state index contributed by atoms with van der Waals surface area (Å²) in [7, 11) is 1.39. The number of likely N-dealkylation sites (tertiary alicyclic amines) is 1. The number of hydrogen-bond donors (Lipinski definition) is 1. The average molecular weight is 388 g/mol. The van der Waals surface area contributed by atoms with Gasteiger partial charge in [0.25, 0.3) is 5.91 Å². The van der Waals surface area contributed by atoms with Crippen LogP contribution in [0.25, 0.3) is 0 Å². The average Bonchev–Trinajstić information content (AvgIpc) is 3.04. The lowest BCUT2D eigenvalue weighted by Crippen LogP contribution is -2.74. The van der Waals surface area contributed by atoms with E-state index < -0.39 is 29.6 Å². The zero-order valence-electron chi connectivity index (χ0n) is 14.8. The van der Waals surface area contributed by atoms with Crippen molar-refractivity contribution in [2.45, 2.75) is 31.6 Å². The first-order chi connectivity index (χ1) is 12.7. The number of methoxy groups -OCH3 is 1. The fourth-order valence-corrected chi connectivity index (χ4v) is 2.79. The van der Waals surface area contributed by atoms with Gasteiger partial charge in [0.05, 0.1) is 13.7 Å². The molecule has 1 aromatic rings. The number of ether oxygens (including phenoxy) is 2. The molecule has 10 heteroatoms. The van der Waals surface area contributed by atoms with Crippen molar-refractivity contribution in [3.8, 4) is 5.75 Å². The molecular weight excluding hydrogens is 369 g/mol. The number of esters is 1. The summed E-state index contributed by atoms with van der Waals surface area (Å²) >= 11 is 0. The second kappa shape index (κ2) is 7.85.